The van der Waals surface area contributed by atoms with Gasteiger partial charge in [-0.05, 0) is 23.3 Å². The Morgan fingerprint density at radius 1 is 1.04 bits per heavy atom. The first-order chi connectivity index (χ1) is 12.5. The van der Waals surface area contributed by atoms with E-state index in [1.807, 2.05) is 30.3 Å². The van der Waals surface area contributed by atoms with Crippen LogP contribution >= 0.6 is 0 Å². The maximum Gasteiger partial charge on any atom is 0.226 e. The van der Waals surface area contributed by atoms with Crippen molar-refractivity contribution in [3.05, 3.63) is 53.6 Å². The van der Waals surface area contributed by atoms with Crippen LogP contribution in [0.25, 0.3) is 0 Å². The SMILES string of the molecule is COc1cc(CC(=O)N(C)CC(O)c2ccccc2)cc(OC)c1OC. The first kappa shape index (κ1) is 19.6. The zero-order valence-electron chi connectivity index (χ0n) is 15.6. The minimum absolute atomic E-state index is 0.116. The lowest BCUT2D eigenvalue weighted by Crippen LogP contribution is -2.32. The van der Waals surface area contributed by atoms with Crippen molar-refractivity contribution in [1.29, 1.82) is 0 Å². The summed E-state index contributed by atoms with van der Waals surface area (Å²) >= 11 is 0. The zero-order valence-corrected chi connectivity index (χ0v) is 15.6. The van der Waals surface area contributed by atoms with Crippen LogP contribution in [0.15, 0.2) is 42.5 Å². The largest absolute Gasteiger partial charge is 0.493 e. The Bertz CT molecular complexity index is 707. The molecule has 0 aromatic heterocycles. The molecular formula is C20H25NO5. The number of likely N-dealkylation sites (N-methyl/N-ethyl adjacent to an activating group) is 1. The van der Waals surface area contributed by atoms with Crippen LogP contribution in [-0.2, 0) is 11.2 Å². The Morgan fingerprint density at radius 2 is 1.62 bits per heavy atom. The highest BCUT2D eigenvalue weighted by Gasteiger charge is 2.18. The smallest absolute Gasteiger partial charge is 0.226 e. The Kier molecular flexibility index (Phi) is 6.86. The van der Waals surface area contributed by atoms with Gasteiger partial charge in [-0.25, -0.2) is 0 Å². The molecule has 2 aromatic rings. The van der Waals surface area contributed by atoms with Gasteiger partial charge >= 0.3 is 0 Å². The molecule has 0 spiro atoms. The van der Waals surface area contributed by atoms with E-state index < -0.39 is 6.10 Å². The molecule has 1 atom stereocenters. The fourth-order valence-electron chi connectivity index (χ4n) is 2.69. The summed E-state index contributed by atoms with van der Waals surface area (Å²) in [6, 6.07) is 12.8. The Morgan fingerprint density at radius 3 is 2.12 bits per heavy atom. The third-order valence-electron chi connectivity index (χ3n) is 4.14. The summed E-state index contributed by atoms with van der Waals surface area (Å²) in [5.41, 5.74) is 1.52. The van der Waals surface area contributed by atoms with Gasteiger partial charge in [-0.1, -0.05) is 30.3 Å². The number of hydrogen-bond acceptors (Lipinski definition) is 5. The maximum atomic E-state index is 12.5. The van der Waals surface area contributed by atoms with Crippen LogP contribution < -0.4 is 14.2 Å². The Hall–Kier alpha value is -2.73. The normalized spacial score (nSPS) is 11.6. The van der Waals surface area contributed by atoms with E-state index in [2.05, 4.69) is 0 Å². The lowest BCUT2D eigenvalue weighted by atomic mass is 10.1. The van der Waals surface area contributed by atoms with Crippen molar-refractivity contribution >= 4 is 5.91 Å². The van der Waals surface area contributed by atoms with Gasteiger partial charge in [-0.15, -0.1) is 0 Å². The van der Waals surface area contributed by atoms with Crippen molar-refractivity contribution < 1.29 is 24.1 Å². The molecule has 0 aliphatic heterocycles. The summed E-state index contributed by atoms with van der Waals surface area (Å²) in [7, 11) is 6.27. The molecule has 2 rings (SSSR count). The number of hydrogen-bond donors (Lipinski definition) is 1. The second-order valence-corrected chi connectivity index (χ2v) is 5.91. The summed E-state index contributed by atoms with van der Waals surface area (Å²) in [5, 5.41) is 10.3. The molecule has 0 bridgehead atoms. The third-order valence-corrected chi connectivity index (χ3v) is 4.14. The van der Waals surface area contributed by atoms with Gasteiger partial charge < -0.3 is 24.2 Å². The molecule has 0 heterocycles. The molecular weight excluding hydrogens is 334 g/mol. The van der Waals surface area contributed by atoms with Crippen molar-refractivity contribution in [1.82, 2.24) is 4.90 Å². The monoisotopic (exact) mass is 359 g/mol. The van der Waals surface area contributed by atoms with Crippen molar-refractivity contribution in [3.63, 3.8) is 0 Å². The maximum absolute atomic E-state index is 12.5. The van der Waals surface area contributed by atoms with E-state index in [1.165, 1.54) is 26.2 Å². The van der Waals surface area contributed by atoms with E-state index in [0.717, 1.165) is 11.1 Å². The van der Waals surface area contributed by atoms with Gasteiger partial charge in [0.25, 0.3) is 0 Å². The first-order valence-electron chi connectivity index (χ1n) is 8.26. The molecule has 0 aliphatic rings. The first-order valence-corrected chi connectivity index (χ1v) is 8.26. The van der Waals surface area contributed by atoms with Crippen molar-refractivity contribution in [2.45, 2.75) is 12.5 Å². The third kappa shape index (κ3) is 4.67. The van der Waals surface area contributed by atoms with Crippen LogP contribution in [0.2, 0.25) is 0 Å². The summed E-state index contributed by atoms with van der Waals surface area (Å²) in [6.07, 6.45) is -0.570. The van der Waals surface area contributed by atoms with Gasteiger partial charge in [0.1, 0.15) is 0 Å². The van der Waals surface area contributed by atoms with Crippen LogP contribution in [0, 0.1) is 0 Å². The van der Waals surface area contributed by atoms with Gasteiger partial charge in [-0.3, -0.25) is 4.79 Å². The predicted molar refractivity (Wildman–Crippen MR) is 98.8 cm³/mol. The molecule has 2 aromatic carbocycles. The highest BCUT2D eigenvalue weighted by Crippen LogP contribution is 2.38. The molecule has 1 amide bonds. The average molecular weight is 359 g/mol. The topological polar surface area (TPSA) is 68.2 Å². The Balaban J connectivity index is 2.09. The van der Waals surface area contributed by atoms with Crippen molar-refractivity contribution in [2.75, 3.05) is 34.9 Å². The number of carbonyl (C=O) groups excluding carboxylic acids is 1. The van der Waals surface area contributed by atoms with E-state index >= 15 is 0 Å². The second-order valence-electron chi connectivity index (χ2n) is 5.91. The lowest BCUT2D eigenvalue weighted by Gasteiger charge is -2.21. The summed E-state index contributed by atoms with van der Waals surface area (Å²) in [5.74, 6) is 1.37. The molecule has 0 saturated carbocycles. The van der Waals surface area contributed by atoms with Crippen LogP contribution in [0.3, 0.4) is 0 Å². The molecule has 0 fully saturated rings. The highest BCUT2D eigenvalue weighted by atomic mass is 16.5. The molecule has 26 heavy (non-hydrogen) atoms. The number of benzene rings is 2. The number of ether oxygens (including phenoxy) is 3. The molecule has 6 nitrogen and oxygen atoms in total. The minimum Gasteiger partial charge on any atom is -0.493 e. The zero-order chi connectivity index (χ0) is 19.1. The van der Waals surface area contributed by atoms with Crippen LogP contribution in [0.4, 0.5) is 0 Å². The summed E-state index contributed by atoms with van der Waals surface area (Å²) in [6.45, 7) is 0.216. The van der Waals surface area contributed by atoms with Gasteiger partial charge in [0, 0.05) is 7.05 Å². The van der Waals surface area contributed by atoms with E-state index in [4.69, 9.17) is 14.2 Å². The summed E-state index contributed by atoms with van der Waals surface area (Å²) in [4.78, 5) is 14.0. The van der Waals surface area contributed by atoms with Gasteiger partial charge in [0.05, 0.1) is 40.4 Å². The fourth-order valence-corrected chi connectivity index (χ4v) is 2.69. The quantitative estimate of drug-likeness (QED) is 0.784. The standard InChI is InChI=1S/C20H25NO5/c1-21(13-16(22)15-8-6-5-7-9-15)19(23)12-14-10-17(24-2)20(26-4)18(11-14)25-3/h5-11,16,22H,12-13H2,1-4H3. The molecule has 0 saturated heterocycles. The fraction of sp³-hybridized carbons (Fsp3) is 0.350. The molecule has 0 radical (unpaired) electrons. The molecule has 0 aliphatic carbocycles. The van der Waals surface area contributed by atoms with E-state index in [0.29, 0.717) is 17.2 Å². The highest BCUT2D eigenvalue weighted by molar-refractivity contribution is 5.79. The van der Waals surface area contributed by atoms with Gasteiger partial charge in [0.15, 0.2) is 11.5 Å². The molecule has 140 valence electrons. The summed E-state index contributed by atoms with van der Waals surface area (Å²) < 4.78 is 15.9. The van der Waals surface area contributed by atoms with Crippen LogP contribution in [-0.4, -0.2) is 50.8 Å². The predicted octanol–water partition coefficient (Wildman–Crippen LogP) is 2.45. The number of nitrogens with zero attached hydrogens (tertiary/aromatic N) is 1. The van der Waals surface area contributed by atoms with E-state index in [1.54, 1.807) is 19.2 Å². The average Bonchev–Trinajstić information content (AvgIpc) is 2.67. The number of amides is 1. The molecule has 6 heteroatoms. The van der Waals surface area contributed by atoms with Crippen LogP contribution in [0.5, 0.6) is 17.2 Å². The van der Waals surface area contributed by atoms with Gasteiger partial charge in [0.2, 0.25) is 11.7 Å². The lowest BCUT2D eigenvalue weighted by molar-refractivity contribution is -0.130. The Labute approximate surface area is 153 Å². The van der Waals surface area contributed by atoms with E-state index in [9.17, 15) is 9.90 Å². The number of rotatable bonds is 8. The van der Waals surface area contributed by atoms with Crippen molar-refractivity contribution in [3.8, 4) is 17.2 Å². The van der Waals surface area contributed by atoms with Gasteiger partial charge in [-0.2, -0.15) is 0 Å². The number of aliphatic hydroxyl groups is 1. The number of methoxy groups -OCH3 is 3. The second kappa shape index (κ2) is 9.10. The van der Waals surface area contributed by atoms with Crippen LogP contribution in [0.1, 0.15) is 17.2 Å². The van der Waals surface area contributed by atoms with E-state index in [-0.39, 0.29) is 18.9 Å². The minimum atomic E-state index is -0.731. The molecule has 1 N–H and O–H groups in total. The number of carbonyl (C=O) groups is 1. The van der Waals surface area contributed by atoms with Crippen molar-refractivity contribution in [2.24, 2.45) is 0 Å². The molecule has 1 unspecified atom stereocenters. The number of aliphatic hydroxyl groups excluding tert-OH is 1.